The molecule has 2 aliphatic rings. The lowest BCUT2D eigenvalue weighted by molar-refractivity contribution is -0.249. The van der Waals surface area contributed by atoms with Crippen molar-refractivity contribution in [2.45, 2.75) is 108 Å². The van der Waals surface area contributed by atoms with Crippen molar-refractivity contribution >= 4 is 0 Å². The first-order chi connectivity index (χ1) is 19.4. The molecule has 0 unspecified atom stereocenters. The van der Waals surface area contributed by atoms with Crippen molar-refractivity contribution in [1.82, 2.24) is 0 Å². The molecular formula is C36H47F3O. The Morgan fingerprint density at radius 1 is 0.825 bits per heavy atom. The SMILES string of the molecule is C=CCCC1CCC(c2ccc(C(F)(F)OCCc3ccc(C4CCC(CCC=CC)CC4)cc3)c(F)c2)CC1. The fourth-order valence-electron chi connectivity index (χ4n) is 6.77. The van der Waals surface area contributed by atoms with Gasteiger partial charge in [-0.15, -0.1) is 6.58 Å². The van der Waals surface area contributed by atoms with Gasteiger partial charge in [0.15, 0.2) is 0 Å². The van der Waals surface area contributed by atoms with Gasteiger partial charge >= 0.3 is 6.11 Å². The van der Waals surface area contributed by atoms with Crippen LogP contribution in [0.25, 0.3) is 0 Å². The van der Waals surface area contributed by atoms with Crippen molar-refractivity contribution in [3.05, 3.63) is 95.3 Å². The average Bonchev–Trinajstić information content (AvgIpc) is 2.97. The first-order valence-corrected chi connectivity index (χ1v) is 15.5. The molecule has 4 rings (SSSR count). The third kappa shape index (κ3) is 8.59. The summed E-state index contributed by atoms with van der Waals surface area (Å²) in [7, 11) is 0. The van der Waals surface area contributed by atoms with Gasteiger partial charge in [0.1, 0.15) is 5.82 Å². The summed E-state index contributed by atoms with van der Waals surface area (Å²) in [5, 5.41) is 0. The maximum atomic E-state index is 14.8. The molecule has 0 atom stereocenters. The first-order valence-electron chi connectivity index (χ1n) is 15.5. The molecule has 0 bridgehead atoms. The monoisotopic (exact) mass is 552 g/mol. The third-order valence-corrected chi connectivity index (χ3v) is 9.35. The van der Waals surface area contributed by atoms with E-state index in [0.29, 0.717) is 18.3 Å². The lowest BCUT2D eigenvalue weighted by Gasteiger charge is -2.29. The Balaban J connectivity index is 1.23. The zero-order valence-electron chi connectivity index (χ0n) is 24.2. The summed E-state index contributed by atoms with van der Waals surface area (Å²) in [5.41, 5.74) is 2.45. The van der Waals surface area contributed by atoms with Crippen LogP contribution in [0.4, 0.5) is 13.2 Å². The van der Waals surface area contributed by atoms with E-state index in [1.165, 1.54) is 56.2 Å². The molecule has 0 aliphatic heterocycles. The van der Waals surface area contributed by atoms with Gasteiger partial charge in [0, 0.05) is 0 Å². The highest BCUT2D eigenvalue weighted by molar-refractivity contribution is 5.29. The van der Waals surface area contributed by atoms with Crippen LogP contribution in [0.2, 0.25) is 0 Å². The zero-order chi connectivity index (χ0) is 28.4. The predicted molar refractivity (Wildman–Crippen MR) is 159 cm³/mol. The van der Waals surface area contributed by atoms with Crippen LogP contribution in [0.3, 0.4) is 0 Å². The van der Waals surface area contributed by atoms with Crippen LogP contribution in [-0.2, 0) is 17.3 Å². The third-order valence-electron chi connectivity index (χ3n) is 9.35. The van der Waals surface area contributed by atoms with Gasteiger partial charge in [-0.2, -0.15) is 8.78 Å². The Kier molecular flexibility index (Phi) is 11.5. The molecule has 2 aromatic carbocycles. The van der Waals surface area contributed by atoms with Crippen molar-refractivity contribution in [1.29, 1.82) is 0 Å². The lowest BCUT2D eigenvalue weighted by Crippen LogP contribution is -2.22. The number of hydrogen-bond acceptors (Lipinski definition) is 1. The first kappa shape index (κ1) is 30.6. The number of alkyl halides is 2. The molecule has 0 heterocycles. The molecule has 0 radical (unpaired) electrons. The minimum atomic E-state index is -3.66. The maximum Gasteiger partial charge on any atom is 0.386 e. The van der Waals surface area contributed by atoms with Crippen LogP contribution in [0, 0.1) is 17.7 Å². The molecule has 2 aromatic rings. The van der Waals surface area contributed by atoms with Gasteiger partial charge in [0.05, 0.1) is 12.2 Å². The summed E-state index contributed by atoms with van der Waals surface area (Å²) >= 11 is 0. The quantitative estimate of drug-likeness (QED) is 0.225. The number of benzene rings is 2. The molecule has 218 valence electrons. The van der Waals surface area contributed by atoms with E-state index in [0.717, 1.165) is 55.6 Å². The summed E-state index contributed by atoms with van der Waals surface area (Å²) in [6.45, 7) is 5.70. The predicted octanol–water partition coefficient (Wildman–Crippen LogP) is 11.0. The Bertz CT molecular complexity index is 1070. The molecule has 2 saturated carbocycles. The summed E-state index contributed by atoms with van der Waals surface area (Å²) in [4.78, 5) is 0. The molecule has 0 saturated heterocycles. The van der Waals surface area contributed by atoms with Gasteiger partial charge in [0.2, 0.25) is 0 Å². The largest absolute Gasteiger partial charge is 0.386 e. The minimum absolute atomic E-state index is 0.167. The topological polar surface area (TPSA) is 9.23 Å². The van der Waals surface area contributed by atoms with Gasteiger partial charge in [-0.05, 0) is 143 Å². The van der Waals surface area contributed by atoms with Gasteiger partial charge in [-0.25, -0.2) is 4.39 Å². The molecule has 4 heteroatoms. The zero-order valence-corrected chi connectivity index (χ0v) is 24.2. The van der Waals surface area contributed by atoms with Crippen molar-refractivity contribution in [2.24, 2.45) is 11.8 Å². The highest BCUT2D eigenvalue weighted by Crippen LogP contribution is 2.40. The van der Waals surface area contributed by atoms with Crippen molar-refractivity contribution in [3.63, 3.8) is 0 Å². The fraction of sp³-hybridized carbons (Fsp3) is 0.556. The second-order valence-corrected chi connectivity index (χ2v) is 12.0. The van der Waals surface area contributed by atoms with Crippen LogP contribution >= 0.6 is 0 Å². The maximum absolute atomic E-state index is 14.8. The molecular weight excluding hydrogens is 505 g/mol. The van der Waals surface area contributed by atoms with E-state index in [-0.39, 0.29) is 12.5 Å². The average molecular weight is 553 g/mol. The number of rotatable bonds is 13. The molecule has 0 amide bonds. The Morgan fingerprint density at radius 3 is 1.98 bits per heavy atom. The smallest absolute Gasteiger partial charge is 0.316 e. The molecule has 40 heavy (non-hydrogen) atoms. The highest BCUT2D eigenvalue weighted by Gasteiger charge is 2.36. The van der Waals surface area contributed by atoms with Gasteiger partial charge in [-0.1, -0.05) is 48.6 Å². The van der Waals surface area contributed by atoms with Gasteiger partial charge in [-0.3, -0.25) is 0 Å². The number of ether oxygens (including phenoxy) is 1. The van der Waals surface area contributed by atoms with Crippen LogP contribution in [0.15, 0.2) is 67.3 Å². The van der Waals surface area contributed by atoms with E-state index in [1.54, 1.807) is 6.07 Å². The van der Waals surface area contributed by atoms with Crippen LogP contribution in [0.1, 0.15) is 118 Å². The Hall–Kier alpha value is -2.33. The molecule has 0 N–H and O–H groups in total. The molecule has 1 nitrogen and oxygen atoms in total. The van der Waals surface area contributed by atoms with E-state index < -0.39 is 17.5 Å². The van der Waals surface area contributed by atoms with E-state index in [2.05, 4.69) is 37.8 Å². The van der Waals surface area contributed by atoms with Crippen molar-refractivity contribution in [2.75, 3.05) is 6.61 Å². The van der Waals surface area contributed by atoms with Crippen LogP contribution in [0.5, 0.6) is 0 Å². The van der Waals surface area contributed by atoms with Gasteiger partial charge in [0.25, 0.3) is 0 Å². The second-order valence-electron chi connectivity index (χ2n) is 12.0. The minimum Gasteiger partial charge on any atom is -0.316 e. The number of hydrogen-bond donors (Lipinski definition) is 0. The van der Waals surface area contributed by atoms with Gasteiger partial charge < -0.3 is 4.74 Å². The summed E-state index contributed by atoms with van der Waals surface area (Å²) in [6.07, 6.45) is 16.8. The van der Waals surface area contributed by atoms with Crippen molar-refractivity contribution < 1.29 is 17.9 Å². The van der Waals surface area contributed by atoms with E-state index >= 15 is 0 Å². The highest BCUT2D eigenvalue weighted by atomic mass is 19.3. The Labute approximate surface area is 239 Å². The van der Waals surface area contributed by atoms with E-state index in [4.69, 9.17) is 4.74 Å². The lowest BCUT2D eigenvalue weighted by atomic mass is 9.77. The number of halogens is 3. The van der Waals surface area contributed by atoms with Crippen LogP contribution < -0.4 is 0 Å². The Morgan fingerprint density at radius 2 is 1.40 bits per heavy atom. The number of allylic oxidation sites excluding steroid dienone is 3. The fourth-order valence-corrected chi connectivity index (χ4v) is 6.77. The summed E-state index contributed by atoms with van der Waals surface area (Å²) in [5.74, 6) is 1.46. The van der Waals surface area contributed by atoms with E-state index in [9.17, 15) is 13.2 Å². The van der Waals surface area contributed by atoms with Crippen molar-refractivity contribution in [3.8, 4) is 0 Å². The molecule has 2 aliphatic carbocycles. The summed E-state index contributed by atoms with van der Waals surface area (Å²) in [6, 6.07) is 12.5. The molecule has 0 aromatic heterocycles. The van der Waals surface area contributed by atoms with E-state index in [1.807, 2.05) is 18.2 Å². The normalized spacial score (nSPS) is 23.9. The van der Waals surface area contributed by atoms with Crippen LogP contribution in [-0.4, -0.2) is 6.61 Å². The molecule has 2 fully saturated rings. The molecule has 0 spiro atoms. The summed E-state index contributed by atoms with van der Waals surface area (Å²) < 4.78 is 49.4. The standard InChI is InChI=1S/C36H47F3O/c1-3-5-7-9-28-10-16-30(17-11-28)31-18-14-29(15-19-31)24-25-40-36(38,39)34-23-22-33(26-35(34)37)32-20-12-27(13-21-32)8-6-4-2/h3-5,14-15,18-19,22-23,26-28,30,32H,2,6-13,16-17,20-21,24-25H2,1H3. The second kappa shape index (κ2) is 15.1.